The summed E-state index contributed by atoms with van der Waals surface area (Å²) in [4.78, 5) is 33.6. The maximum atomic E-state index is 12.3. The summed E-state index contributed by atoms with van der Waals surface area (Å²) >= 11 is 2.76. The molecule has 3 aromatic rings. The van der Waals surface area contributed by atoms with E-state index in [1.54, 1.807) is 0 Å². The lowest BCUT2D eigenvalue weighted by atomic mass is 9.99. The van der Waals surface area contributed by atoms with E-state index in [4.69, 9.17) is 0 Å². The number of thiazole rings is 2. The number of rotatable bonds is 3. The molecule has 0 saturated carbocycles. The van der Waals surface area contributed by atoms with Crippen LogP contribution < -0.4 is 10.6 Å². The Labute approximate surface area is 158 Å². The third-order valence-corrected chi connectivity index (χ3v) is 6.07. The van der Waals surface area contributed by atoms with Gasteiger partial charge in [0.05, 0.1) is 11.4 Å². The van der Waals surface area contributed by atoms with E-state index in [0.29, 0.717) is 16.6 Å². The number of nitrogens with zero attached hydrogens (tertiary/aromatic N) is 2. The predicted molar refractivity (Wildman–Crippen MR) is 104 cm³/mol. The van der Waals surface area contributed by atoms with Crippen LogP contribution in [0.4, 0.5) is 10.8 Å². The molecule has 1 aliphatic rings. The van der Waals surface area contributed by atoms with Gasteiger partial charge in [-0.15, -0.1) is 22.7 Å². The minimum atomic E-state index is -0.236. The summed E-state index contributed by atoms with van der Waals surface area (Å²) in [5, 5.41) is 8.59. The number of carbonyl (C=O) groups excluding carboxylic acids is 2. The Balaban J connectivity index is 1.53. The van der Waals surface area contributed by atoms with Crippen LogP contribution in [-0.2, 0) is 11.2 Å². The molecule has 0 saturated heterocycles. The number of hydrogen-bond acceptors (Lipinski definition) is 6. The molecular weight excluding hydrogens is 368 g/mol. The van der Waals surface area contributed by atoms with E-state index in [1.807, 2.05) is 37.4 Å². The number of benzene rings is 1. The third-order valence-electron chi connectivity index (χ3n) is 4.24. The van der Waals surface area contributed by atoms with Gasteiger partial charge in [-0.3, -0.25) is 14.9 Å². The van der Waals surface area contributed by atoms with Gasteiger partial charge in [-0.1, -0.05) is 6.07 Å². The van der Waals surface area contributed by atoms with Crippen molar-refractivity contribution in [1.29, 1.82) is 0 Å². The summed E-state index contributed by atoms with van der Waals surface area (Å²) in [6.07, 6.45) is 1.23. The lowest BCUT2D eigenvalue weighted by Gasteiger charge is -2.17. The van der Waals surface area contributed by atoms with Gasteiger partial charge in [0, 0.05) is 27.9 Å². The molecule has 0 fully saturated rings. The Bertz CT molecular complexity index is 1000. The maximum Gasteiger partial charge on any atom is 0.286 e. The van der Waals surface area contributed by atoms with E-state index in [2.05, 4.69) is 20.6 Å². The van der Waals surface area contributed by atoms with Crippen molar-refractivity contribution in [2.45, 2.75) is 26.7 Å². The first-order valence-corrected chi connectivity index (χ1v) is 9.83. The topological polar surface area (TPSA) is 84.0 Å². The van der Waals surface area contributed by atoms with Crippen molar-refractivity contribution >= 4 is 45.3 Å². The minimum absolute atomic E-state index is 0.0524. The molecule has 3 heterocycles. The lowest BCUT2D eigenvalue weighted by molar-refractivity contribution is -0.116. The number of hydrogen-bond donors (Lipinski definition) is 2. The fourth-order valence-electron chi connectivity index (χ4n) is 2.73. The second-order valence-electron chi connectivity index (χ2n) is 6.07. The molecule has 0 unspecified atom stereocenters. The second-order valence-corrected chi connectivity index (χ2v) is 8.13. The van der Waals surface area contributed by atoms with Crippen LogP contribution in [0.3, 0.4) is 0 Å². The van der Waals surface area contributed by atoms with Crippen molar-refractivity contribution < 1.29 is 9.59 Å². The van der Waals surface area contributed by atoms with Crippen LogP contribution in [0.2, 0.25) is 0 Å². The standard InChI is InChI=1S/C18H16N4O2S2/c1-9-10(2)26-17(19-9)16(24)22-18-21-14(8-25-18)12-3-5-13-11(7-12)4-6-15(23)20-13/h3,5,7-8H,4,6H2,1-2H3,(H,20,23)(H,21,22,24). The van der Waals surface area contributed by atoms with Gasteiger partial charge in [-0.25, -0.2) is 9.97 Å². The van der Waals surface area contributed by atoms with E-state index in [-0.39, 0.29) is 11.8 Å². The fourth-order valence-corrected chi connectivity index (χ4v) is 4.25. The zero-order valence-corrected chi connectivity index (χ0v) is 15.9. The van der Waals surface area contributed by atoms with Crippen molar-refractivity contribution in [3.63, 3.8) is 0 Å². The number of nitrogens with one attached hydrogen (secondary N) is 2. The Kier molecular flexibility index (Phi) is 4.29. The fraction of sp³-hybridized carbons (Fsp3) is 0.222. The molecule has 1 aliphatic heterocycles. The summed E-state index contributed by atoms with van der Waals surface area (Å²) < 4.78 is 0. The monoisotopic (exact) mass is 384 g/mol. The molecular formula is C18H16N4O2S2. The first-order valence-electron chi connectivity index (χ1n) is 8.13. The predicted octanol–water partition coefficient (Wildman–Crippen LogP) is 4.02. The number of fused-ring (bicyclic) bond motifs is 1. The molecule has 1 aromatic carbocycles. The first kappa shape index (κ1) is 16.9. The van der Waals surface area contributed by atoms with Crippen molar-refractivity contribution in [3.05, 3.63) is 44.7 Å². The number of aryl methyl sites for hydroxylation is 3. The van der Waals surface area contributed by atoms with Crippen molar-refractivity contribution in [2.24, 2.45) is 0 Å². The normalized spacial score (nSPS) is 13.2. The summed E-state index contributed by atoms with van der Waals surface area (Å²) in [6, 6.07) is 5.88. The lowest BCUT2D eigenvalue weighted by Crippen LogP contribution is -2.18. The highest BCUT2D eigenvalue weighted by atomic mass is 32.1. The van der Waals surface area contributed by atoms with E-state index < -0.39 is 0 Å². The molecule has 2 amide bonds. The smallest absolute Gasteiger partial charge is 0.286 e. The summed E-state index contributed by atoms with van der Waals surface area (Å²) in [6.45, 7) is 3.84. The Morgan fingerprint density at radius 1 is 1.23 bits per heavy atom. The summed E-state index contributed by atoms with van der Waals surface area (Å²) in [7, 11) is 0. The maximum absolute atomic E-state index is 12.3. The zero-order valence-electron chi connectivity index (χ0n) is 14.3. The molecule has 8 heteroatoms. The molecule has 6 nitrogen and oxygen atoms in total. The number of amides is 2. The molecule has 0 aliphatic carbocycles. The quantitative estimate of drug-likeness (QED) is 0.714. The molecule has 0 radical (unpaired) electrons. The molecule has 0 spiro atoms. The minimum Gasteiger partial charge on any atom is -0.326 e. The van der Waals surface area contributed by atoms with Gasteiger partial charge < -0.3 is 5.32 Å². The van der Waals surface area contributed by atoms with Crippen LogP contribution in [0.25, 0.3) is 11.3 Å². The zero-order chi connectivity index (χ0) is 18.3. The van der Waals surface area contributed by atoms with E-state index in [0.717, 1.165) is 39.5 Å². The van der Waals surface area contributed by atoms with E-state index >= 15 is 0 Å². The van der Waals surface area contributed by atoms with E-state index in [9.17, 15) is 9.59 Å². The summed E-state index contributed by atoms with van der Waals surface area (Å²) in [5.74, 6) is -0.183. The highest BCUT2D eigenvalue weighted by molar-refractivity contribution is 7.15. The highest BCUT2D eigenvalue weighted by Crippen LogP contribution is 2.31. The van der Waals surface area contributed by atoms with Crippen LogP contribution in [0.1, 0.15) is 32.4 Å². The molecule has 132 valence electrons. The van der Waals surface area contributed by atoms with Crippen LogP contribution in [0.15, 0.2) is 23.6 Å². The molecule has 4 rings (SSSR count). The van der Waals surface area contributed by atoms with Gasteiger partial charge in [-0.2, -0.15) is 0 Å². The Morgan fingerprint density at radius 2 is 2.08 bits per heavy atom. The van der Waals surface area contributed by atoms with Gasteiger partial charge in [-0.05, 0) is 38.0 Å². The number of carbonyl (C=O) groups is 2. The second kappa shape index (κ2) is 6.62. The Hall–Kier alpha value is -2.58. The van der Waals surface area contributed by atoms with Crippen LogP contribution in [0, 0.1) is 13.8 Å². The van der Waals surface area contributed by atoms with Gasteiger partial charge in [0.25, 0.3) is 5.91 Å². The van der Waals surface area contributed by atoms with Gasteiger partial charge in [0.1, 0.15) is 0 Å². The van der Waals surface area contributed by atoms with Crippen molar-refractivity contribution in [3.8, 4) is 11.3 Å². The largest absolute Gasteiger partial charge is 0.326 e. The van der Waals surface area contributed by atoms with Crippen molar-refractivity contribution in [1.82, 2.24) is 9.97 Å². The average molecular weight is 384 g/mol. The molecule has 0 atom stereocenters. The molecule has 2 N–H and O–H groups in total. The number of anilines is 2. The average Bonchev–Trinajstić information content (AvgIpc) is 3.21. The SMILES string of the molecule is Cc1nc(C(=O)Nc2nc(-c3ccc4c(c3)CCC(=O)N4)cs2)sc1C. The van der Waals surface area contributed by atoms with Gasteiger partial charge in [0.2, 0.25) is 5.91 Å². The van der Waals surface area contributed by atoms with Crippen LogP contribution in [0.5, 0.6) is 0 Å². The van der Waals surface area contributed by atoms with Crippen LogP contribution in [-0.4, -0.2) is 21.8 Å². The van der Waals surface area contributed by atoms with Gasteiger partial charge >= 0.3 is 0 Å². The first-order chi connectivity index (χ1) is 12.5. The van der Waals surface area contributed by atoms with Crippen LogP contribution >= 0.6 is 22.7 Å². The summed E-state index contributed by atoms with van der Waals surface area (Å²) in [5.41, 5.74) is 4.62. The van der Waals surface area contributed by atoms with Crippen molar-refractivity contribution in [2.75, 3.05) is 10.6 Å². The third kappa shape index (κ3) is 3.25. The molecule has 2 aromatic heterocycles. The Morgan fingerprint density at radius 3 is 2.85 bits per heavy atom. The highest BCUT2D eigenvalue weighted by Gasteiger charge is 2.17. The number of aromatic nitrogens is 2. The van der Waals surface area contributed by atoms with Gasteiger partial charge in [0.15, 0.2) is 10.1 Å². The molecule has 26 heavy (non-hydrogen) atoms. The van der Waals surface area contributed by atoms with E-state index in [1.165, 1.54) is 22.7 Å². The molecule has 0 bridgehead atoms.